The van der Waals surface area contributed by atoms with Crippen LogP contribution < -0.4 is 14.8 Å². The fourth-order valence-corrected chi connectivity index (χ4v) is 4.01. The van der Waals surface area contributed by atoms with Crippen molar-refractivity contribution >= 4 is 27.6 Å². The number of pyridine rings is 2. The molecule has 0 radical (unpaired) electrons. The van der Waals surface area contributed by atoms with Crippen LogP contribution in [0.2, 0.25) is 0 Å². The number of carbonyl (C=O) groups excluding carboxylic acids is 1. The van der Waals surface area contributed by atoms with Crippen LogP contribution in [0.5, 0.6) is 23.0 Å². The van der Waals surface area contributed by atoms with Crippen molar-refractivity contribution in [3.63, 3.8) is 0 Å². The van der Waals surface area contributed by atoms with Gasteiger partial charge in [0.05, 0.1) is 12.6 Å². The molecule has 192 valence electrons. The molecule has 0 saturated heterocycles. The number of phenols is 1. The molecule has 0 aliphatic carbocycles. The average Bonchev–Trinajstić information content (AvgIpc) is 2.90. The lowest BCUT2D eigenvalue weighted by Crippen LogP contribution is -2.23. The molecule has 7 nitrogen and oxygen atoms in total. The van der Waals surface area contributed by atoms with Gasteiger partial charge < -0.3 is 19.9 Å². The van der Waals surface area contributed by atoms with E-state index in [1.165, 1.54) is 19.2 Å². The second kappa shape index (κ2) is 9.89. The van der Waals surface area contributed by atoms with Crippen LogP contribution in [0.3, 0.4) is 0 Å². The molecule has 0 saturated carbocycles. The number of hydrogen-bond donors (Lipinski definition) is 2. The van der Waals surface area contributed by atoms with Crippen LogP contribution in [0, 0.1) is 0 Å². The Labute approximate surface area is 214 Å². The SMILES string of the molecule is COc1cc2c(Oc3ccc4c(C(=O)NCc5ccc(C(F)(F)F)nc5)cccc4c3)ccnc2cc1O. The molecule has 0 fully saturated rings. The van der Waals surface area contributed by atoms with Crippen LogP contribution in [-0.2, 0) is 12.7 Å². The molecule has 0 aliphatic heterocycles. The summed E-state index contributed by atoms with van der Waals surface area (Å²) in [5.41, 5.74) is 0.390. The molecule has 38 heavy (non-hydrogen) atoms. The van der Waals surface area contributed by atoms with E-state index in [9.17, 15) is 23.1 Å². The largest absolute Gasteiger partial charge is 0.504 e. The molecule has 2 heterocycles. The van der Waals surface area contributed by atoms with Crippen molar-refractivity contribution in [2.75, 3.05) is 7.11 Å². The van der Waals surface area contributed by atoms with E-state index in [0.717, 1.165) is 17.6 Å². The molecule has 3 aromatic carbocycles. The summed E-state index contributed by atoms with van der Waals surface area (Å²) in [7, 11) is 1.45. The van der Waals surface area contributed by atoms with Crippen molar-refractivity contribution < 1.29 is 32.5 Å². The summed E-state index contributed by atoms with van der Waals surface area (Å²) in [5, 5.41) is 14.8. The first-order valence-corrected chi connectivity index (χ1v) is 11.4. The quantitative estimate of drug-likeness (QED) is 0.276. The summed E-state index contributed by atoms with van der Waals surface area (Å²) in [6, 6.07) is 17.5. The van der Waals surface area contributed by atoms with E-state index in [1.54, 1.807) is 48.7 Å². The van der Waals surface area contributed by atoms with Crippen LogP contribution in [0.1, 0.15) is 21.6 Å². The maximum absolute atomic E-state index is 12.9. The van der Waals surface area contributed by atoms with Crippen molar-refractivity contribution in [3.05, 3.63) is 95.9 Å². The molecule has 5 rings (SSSR count). The summed E-state index contributed by atoms with van der Waals surface area (Å²) >= 11 is 0. The highest BCUT2D eigenvalue weighted by atomic mass is 19.4. The first kappa shape index (κ1) is 24.8. The van der Waals surface area contributed by atoms with Gasteiger partial charge in [-0.3, -0.25) is 14.8 Å². The number of nitrogens with zero attached hydrogens (tertiary/aromatic N) is 2. The van der Waals surface area contributed by atoms with E-state index >= 15 is 0 Å². The van der Waals surface area contributed by atoms with E-state index in [1.807, 2.05) is 6.07 Å². The van der Waals surface area contributed by atoms with Gasteiger partial charge in [0, 0.05) is 36.0 Å². The lowest BCUT2D eigenvalue weighted by molar-refractivity contribution is -0.141. The molecule has 5 aromatic rings. The van der Waals surface area contributed by atoms with Gasteiger partial charge in [0.1, 0.15) is 17.2 Å². The second-order valence-electron chi connectivity index (χ2n) is 8.37. The van der Waals surface area contributed by atoms with E-state index in [4.69, 9.17) is 9.47 Å². The predicted octanol–water partition coefficient (Wildman–Crippen LogP) is 6.24. The standard InChI is InChI=1S/C28H20F3N3O4/c1-37-25-12-21-22(13-23(25)35)32-10-9-24(21)38-18-6-7-19-17(11-18)3-2-4-20(19)27(36)34-15-16-5-8-26(33-14-16)28(29,30)31/h2-14,35H,15H2,1H3,(H,34,36). The summed E-state index contributed by atoms with van der Waals surface area (Å²) in [6.07, 6.45) is -1.86. The van der Waals surface area contributed by atoms with Crippen molar-refractivity contribution in [3.8, 4) is 23.0 Å². The summed E-state index contributed by atoms with van der Waals surface area (Å²) in [6.45, 7) is 0.0235. The van der Waals surface area contributed by atoms with Crippen LogP contribution in [0.4, 0.5) is 13.2 Å². The zero-order chi connectivity index (χ0) is 26.9. The van der Waals surface area contributed by atoms with E-state index < -0.39 is 11.9 Å². The topological polar surface area (TPSA) is 93.6 Å². The number of ether oxygens (including phenoxy) is 2. The number of fused-ring (bicyclic) bond motifs is 2. The highest BCUT2D eigenvalue weighted by Crippen LogP contribution is 2.37. The third-order valence-electron chi connectivity index (χ3n) is 5.89. The van der Waals surface area contributed by atoms with Gasteiger partial charge in [0.15, 0.2) is 11.5 Å². The Morgan fingerprint density at radius 1 is 0.974 bits per heavy atom. The lowest BCUT2D eigenvalue weighted by atomic mass is 10.0. The molecule has 0 bridgehead atoms. The molecule has 10 heteroatoms. The predicted molar refractivity (Wildman–Crippen MR) is 134 cm³/mol. The first-order chi connectivity index (χ1) is 18.2. The third-order valence-corrected chi connectivity index (χ3v) is 5.89. The normalized spacial score (nSPS) is 11.5. The van der Waals surface area contributed by atoms with Crippen LogP contribution in [-0.4, -0.2) is 28.1 Å². The van der Waals surface area contributed by atoms with Gasteiger partial charge in [-0.1, -0.05) is 18.2 Å². The van der Waals surface area contributed by atoms with E-state index in [-0.39, 0.29) is 24.0 Å². The number of phenolic OH excluding ortho intramolecular Hbond substituents is 1. The molecule has 2 N–H and O–H groups in total. The van der Waals surface area contributed by atoms with Crippen molar-refractivity contribution in [2.45, 2.75) is 12.7 Å². The Bertz CT molecular complexity index is 1650. The number of alkyl halides is 3. The summed E-state index contributed by atoms with van der Waals surface area (Å²) in [4.78, 5) is 20.6. The maximum Gasteiger partial charge on any atom is 0.433 e. The minimum absolute atomic E-state index is 0.0235. The zero-order valence-corrected chi connectivity index (χ0v) is 19.9. The van der Waals surface area contributed by atoms with Crippen molar-refractivity contribution in [2.24, 2.45) is 0 Å². The number of benzene rings is 3. The van der Waals surface area contributed by atoms with Gasteiger partial charge in [0.2, 0.25) is 0 Å². The Balaban J connectivity index is 1.36. The van der Waals surface area contributed by atoms with Crippen LogP contribution >= 0.6 is 0 Å². The Morgan fingerprint density at radius 2 is 1.82 bits per heavy atom. The second-order valence-corrected chi connectivity index (χ2v) is 8.37. The molecular formula is C28H20F3N3O4. The Hall–Kier alpha value is -4.86. The van der Waals surface area contributed by atoms with Crippen LogP contribution in [0.15, 0.2) is 79.1 Å². The Kier molecular flexibility index (Phi) is 6.46. The number of carbonyl (C=O) groups is 1. The van der Waals surface area contributed by atoms with Gasteiger partial charge >= 0.3 is 6.18 Å². The minimum Gasteiger partial charge on any atom is -0.504 e. The number of methoxy groups -OCH3 is 1. The lowest BCUT2D eigenvalue weighted by Gasteiger charge is -2.12. The van der Waals surface area contributed by atoms with Crippen LogP contribution in [0.25, 0.3) is 21.7 Å². The number of halogens is 3. The molecule has 0 spiro atoms. The first-order valence-electron chi connectivity index (χ1n) is 11.4. The highest BCUT2D eigenvalue weighted by Gasteiger charge is 2.32. The zero-order valence-electron chi connectivity index (χ0n) is 19.9. The van der Waals surface area contributed by atoms with Gasteiger partial charge in [0.25, 0.3) is 5.91 Å². The summed E-state index contributed by atoms with van der Waals surface area (Å²) < 4.78 is 49.4. The van der Waals surface area contributed by atoms with Crippen molar-refractivity contribution in [1.29, 1.82) is 0 Å². The molecular weight excluding hydrogens is 499 g/mol. The van der Waals surface area contributed by atoms with E-state index in [0.29, 0.717) is 38.9 Å². The van der Waals surface area contributed by atoms with Gasteiger partial charge in [-0.05, 0) is 58.8 Å². The number of aromatic nitrogens is 2. The average molecular weight is 519 g/mol. The number of aromatic hydroxyl groups is 1. The molecule has 0 unspecified atom stereocenters. The Morgan fingerprint density at radius 3 is 2.55 bits per heavy atom. The number of hydrogen-bond acceptors (Lipinski definition) is 6. The van der Waals surface area contributed by atoms with E-state index in [2.05, 4.69) is 15.3 Å². The van der Waals surface area contributed by atoms with Gasteiger partial charge in [-0.2, -0.15) is 13.2 Å². The molecule has 1 amide bonds. The fraction of sp³-hybridized carbons (Fsp3) is 0.107. The third kappa shape index (κ3) is 5.01. The molecule has 0 aliphatic rings. The van der Waals surface area contributed by atoms with Gasteiger partial charge in [-0.15, -0.1) is 0 Å². The number of nitrogens with one attached hydrogen (secondary N) is 1. The number of rotatable bonds is 6. The molecule has 2 aromatic heterocycles. The number of amides is 1. The maximum atomic E-state index is 12.9. The monoisotopic (exact) mass is 519 g/mol. The highest BCUT2D eigenvalue weighted by molar-refractivity contribution is 6.07. The van der Waals surface area contributed by atoms with Crippen molar-refractivity contribution in [1.82, 2.24) is 15.3 Å². The van der Waals surface area contributed by atoms with Gasteiger partial charge in [-0.25, -0.2) is 0 Å². The smallest absolute Gasteiger partial charge is 0.433 e. The minimum atomic E-state index is -4.52. The summed E-state index contributed by atoms with van der Waals surface area (Å²) in [5.74, 6) is 0.903. The fourth-order valence-electron chi connectivity index (χ4n) is 4.01. The molecule has 0 atom stereocenters.